The Hall–Kier alpha value is -2.00. The molecule has 0 atom stereocenters. The van der Waals surface area contributed by atoms with Gasteiger partial charge in [0.05, 0.1) is 17.1 Å². The fraction of sp³-hybridized carbons (Fsp3) is 0.133. The molecule has 6 heteroatoms. The molecule has 0 radical (unpaired) electrons. The molecule has 0 fully saturated rings. The van der Waals surface area contributed by atoms with E-state index in [1.54, 1.807) is 0 Å². The highest BCUT2D eigenvalue weighted by Gasteiger charge is 2.11. The summed E-state index contributed by atoms with van der Waals surface area (Å²) in [5, 5.41) is 22.9. The van der Waals surface area contributed by atoms with Crippen LogP contribution >= 0.6 is 22.9 Å². The summed E-state index contributed by atoms with van der Waals surface area (Å²) >= 11 is 7.39. The lowest BCUT2D eigenvalue weighted by molar-refractivity contribution is 0.0951. The van der Waals surface area contributed by atoms with Crippen molar-refractivity contribution < 1.29 is 15.0 Å². The molecule has 0 aliphatic heterocycles. The lowest BCUT2D eigenvalue weighted by Crippen LogP contribution is -2.22. The fourth-order valence-corrected chi connectivity index (χ4v) is 2.59. The number of aliphatic hydroxyl groups is 1. The molecule has 2 aromatic rings. The molecule has 3 N–H and O–H groups in total. The lowest BCUT2D eigenvalue weighted by Gasteiger charge is -2.06. The average molecular weight is 322 g/mol. The summed E-state index contributed by atoms with van der Waals surface area (Å²) in [6.07, 6.45) is 0. The molecule has 1 amide bonds. The van der Waals surface area contributed by atoms with Crippen LogP contribution in [0.15, 0.2) is 29.6 Å². The maximum absolute atomic E-state index is 12.0. The van der Waals surface area contributed by atoms with Gasteiger partial charge in [0.2, 0.25) is 0 Å². The number of rotatable bonds is 3. The third-order valence-electron chi connectivity index (χ3n) is 2.58. The maximum Gasteiger partial charge on any atom is 0.253 e. The van der Waals surface area contributed by atoms with Gasteiger partial charge in [0.1, 0.15) is 12.4 Å². The van der Waals surface area contributed by atoms with Crippen LogP contribution in [-0.4, -0.2) is 22.7 Å². The zero-order valence-electron chi connectivity index (χ0n) is 10.9. The van der Waals surface area contributed by atoms with Crippen LogP contribution in [0.2, 0.25) is 5.02 Å². The van der Waals surface area contributed by atoms with Gasteiger partial charge in [-0.05, 0) is 24.3 Å². The Morgan fingerprint density at radius 2 is 2.19 bits per heavy atom. The highest BCUT2D eigenvalue weighted by Crippen LogP contribution is 2.21. The van der Waals surface area contributed by atoms with E-state index in [2.05, 4.69) is 17.2 Å². The van der Waals surface area contributed by atoms with Gasteiger partial charge in [0.25, 0.3) is 5.91 Å². The summed E-state index contributed by atoms with van der Waals surface area (Å²) in [6, 6.07) is 6.06. The van der Waals surface area contributed by atoms with Crippen molar-refractivity contribution in [1.82, 2.24) is 5.32 Å². The second-order valence-corrected chi connectivity index (χ2v) is 5.51. The molecule has 0 spiro atoms. The van der Waals surface area contributed by atoms with Crippen LogP contribution in [0, 0.1) is 11.8 Å². The Morgan fingerprint density at radius 3 is 2.95 bits per heavy atom. The SMILES string of the molecule is O=C(NCc1cc(C#CCO)cs1)c1cc(O)ccc1Cl. The van der Waals surface area contributed by atoms with Crippen molar-refractivity contribution in [2.45, 2.75) is 6.54 Å². The minimum absolute atomic E-state index is 0.0118. The molecule has 0 saturated heterocycles. The summed E-state index contributed by atoms with van der Waals surface area (Å²) in [4.78, 5) is 12.9. The number of thiophene rings is 1. The number of carbonyl (C=O) groups is 1. The third-order valence-corrected chi connectivity index (χ3v) is 3.85. The molecule has 1 aromatic carbocycles. The first-order valence-electron chi connectivity index (χ1n) is 6.04. The summed E-state index contributed by atoms with van der Waals surface area (Å²) in [5.74, 6) is 4.99. The third kappa shape index (κ3) is 4.23. The Bertz CT molecular complexity index is 715. The molecule has 0 bridgehead atoms. The number of halogens is 1. The van der Waals surface area contributed by atoms with Gasteiger partial charge in [-0.25, -0.2) is 0 Å². The van der Waals surface area contributed by atoms with Gasteiger partial charge in [0, 0.05) is 15.8 Å². The predicted molar refractivity (Wildman–Crippen MR) is 82.6 cm³/mol. The lowest BCUT2D eigenvalue weighted by atomic mass is 10.2. The minimum Gasteiger partial charge on any atom is -0.508 e. The van der Waals surface area contributed by atoms with Crippen molar-refractivity contribution >= 4 is 28.8 Å². The molecule has 4 nitrogen and oxygen atoms in total. The van der Waals surface area contributed by atoms with Gasteiger partial charge in [-0.15, -0.1) is 11.3 Å². The first kappa shape index (κ1) is 15.4. The molecule has 108 valence electrons. The molecule has 0 aliphatic rings. The Morgan fingerprint density at radius 1 is 1.38 bits per heavy atom. The van der Waals surface area contributed by atoms with E-state index >= 15 is 0 Å². The van der Waals surface area contributed by atoms with Crippen LogP contribution < -0.4 is 5.32 Å². The monoisotopic (exact) mass is 321 g/mol. The van der Waals surface area contributed by atoms with Gasteiger partial charge >= 0.3 is 0 Å². The van der Waals surface area contributed by atoms with E-state index in [9.17, 15) is 9.90 Å². The first-order chi connectivity index (χ1) is 10.1. The van der Waals surface area contributed by atoms with E-state index in [1.807, 2.05) is 11.4 Å². The van der Waals surface area contributed by atoms with E-state index in [1.165, 1.54) is 29.5 Å². The Kier molecular flexibility index (Phi) is 5.23. The van der Waals surface area contributed by atoms with E-state index in [-0.39, 0.29) is 28.8 Å². The molecule has 2 rings (SSSR count). The average Bonchev–Trinajstić information content (AvgIpc) is 2.93. The van der Waals surface area contributed by atoms with Gasteiger partial charge in [-0.1, -0.05) is 23.4 Å². The van der Waals surface area contributed by atoms with Crippen molar-refractivity contribution in [3.8, 4) is 17.6 Å². The second kappa shape index (κ2) is 7.14. The predicted octanol–water partition coefficient (Wildman–Crippen LogP) is 2.38. The smallest absolute Gasteiger partial charge is 0.253 e. The number of phenols is 1. The summed E-state index contributed by atoms with van der Waals surface area (Å²) in [6.45, 7) is 0.161. The van der Waals surface area contributed by atoms with Crippen molar-refractivity contribution in [1.29, 1.82) is 0 Å². The zero-order chi connectivity index (χ0) is 15.2. The molecule has 21 heavy (non-hydrogen) atoms. The number of hydrogen-bond acceptors (Lipinski definition) is 4. The number of aromatic hydroxyl groups is 1. The Balaban J connectivity index is 2.01. The van der Waals surface area contributed by atoms with Gasteiger partial charge in [0.15, 0.2) is 0 Å². The highest BCUT2D eigenvalue weighted by atomic mass is 35.5. The standard InChI is InChI=1S/C15H12ClNO3S/c16-14-4-3-11(19)7-13(14)15(20)17-8-12-6-10(9-21-12)2-1-5-18/h3-4,6-7,9,18-19H,5,8H2,(H,17,20). The zero-order valence-corrected chi connectivity index (χ0v) is 12.5. The largest absolute Gasteiger partial charge is 0.508 e. The van der Waals surface area contributed by atoms with Gasteiger partial charge < -0.3 is 15.5 Å². The number of hydrogen-bond donors (Lipinski definition) is 3. The number of amides is 1. The van der Waals surface area contributed by atoms with E-state index in [4.69, 9.17) is 16.7 Å². The minimum atomic E-state index is -0.354. The van der Waals surface area contributed by atoms with E-state index in [0.717, 1.165) is 10.4 Å². The number of carbonyl (C=O) groups excluding carboxylic acids is 1. The van der Waals surface area contributed by atoms with Crippen LogP contribution in [0.3, 0.4) is 0 Å². The molecular weight excluding hydrogens is 310 g/mol. The highest BCUT2D eigenvalue weighted by molar-refractivity contribution is 7.10. The maximum atomic E-state index is 12.0. The molecule has 1 aromatic heterocycles. The van der Waals surface area contributed by atoms with Crippen molar-refractivity contribution in [2.24, 2.45) is 0 Å². The summed E-state index contributed by atoms with van der Waals surface area (Å²) in [5.41, 5.74) is 1.03. The Labute approximate surface area is 131 Å². The molecule has 0 saturated carbocycles. The van der Waals surface area contributed by atoms with Crippen LogP contribution in [0.5, 0.6) is 5.75 Å². The van der Waals surface area contributed by atoms with Crippen LogP contribution in [0.1, 0.15) is 20.8 Å². The van der Waals surface area contributed by atoms with Crippen molar-refractivity contribution in [3.05, 3.63) is 50.7 Å². The number of aliphatic hydroxyl groups excluding tert-OH is 1. The molecule has 0 aliphatic carbocycles. The van der Waals surface area contributed by atoms with Crippen molar-refractivity contribution in [2.75, 3.05) is 6.61 Å². The molecular formula is C15H12ClNO3S. The van der Waals surface area contributed by atoms with E-state index < -0.39 is 0 Å². The normalized spacial score (nSPS) is 9.81. The summed E-state index contributed by atoms with van der Waals surface area (Å²) in [7, 11) is 0. The van der Waals surface area contributed by atoms with Crippen LogP contribution in [0.25, 0.3) is 0 Å². The summed E-state index contributed by atoms with van der Waals surface area (Å²) < 4.78 is 0. The second-order valence-electron chi connectivity index (χ2n) is 4.11. The first-order valence-corrected chi connectivity index (χ1v) is 7.30. The van der Waals surface area contributed by atoms with E-state index in [0.29, 0.717) is 6.54 Å². The van der Waals surface area contributed by atoms with Crippen LogP contribution in [0.4, 0.5) is 0 Å². The molecule has 1 heterocycles. The number of benzene rings is 1. The quantitative estimate of drug-likeness (QED) is 0.760. The van der Waals surface area contributed by atoms with Crippen molar-refractivity contribution in [3.63, 3.8) is 0 Å². The molecule has 0 unspecified atom stereocenters. The van der Waals surface area contributed by atoms with Gasteiger partial charge in [-0.2, -0.15) is 0 Å². The fourth-order valence-electron chi connectivity index (χ4n) is 1.63. The topological polar surface area (TPSA) is 69.6 Å². The number of nitrogens with one attached hydrogen (secondary N) is 1. The number of phenolic OH excluding ortho intramolecular Hbond substituents is 1. The van der Waals surface area contributed by atoms with Gasteiger partial charge in [-0.3, -0.25) is 4.79 Å². The van der Waals surface area contributed by atoms with Crippen LogP contribution in [-0.2, 0) is 6.54 Å².